The van der Waals surface area contributed by atoms with Crippen molar-refractivity contribution in [1.29, 1.82) is 0 Å². The lowest BCUT2D eigenvalue weighted by Crippen LogP contribution is -2.40. The molecule has 0 unspecified atom stereocenters. The second-order valence-electron chi connectivity index (χ2n) is 5.49. The van der Waals surface area contributed by atoms with E-state index >= 15 is 0 Å². The number of benzene rings is 2. The molecule has 0 aliphatic heterocycles. The van der Waals surface area contributed by atoms with Crippen LogP contribution in [0.2, 0.25) is 10.0 Å². The summed E-state index contributed by atoms with van der Waals surface area (Å²) < 4.78 is 30.4. The van der Waals surface area contributed by atoms with Gasteiger partial charge in [0.1, 0.15) is 12.3 Å². The van der Waals surface area contributed by atoms with E-state index in [1.54, 1.807) is 6.07 Å². The van der Waals surface area contributed by atoms with Gasteiger partial charge in [-0.05, 0) is 24.3 Å². The first-order chi connectivity index (χ1) is 12.2. The number of nitrogens with one attached hydrogen (secondary N) is 1. The number of halogens is 2. The molecule has 1 amide bonds. The summed E-state index contributed by atoms with van der Waals surface area (Å²) in [5.41, 5.74) is 0.998. The molecule has 0 radical (unpaired) electrons. The lowest BCUT2D eigenvalue weighted by molar-refractivity contribution is -0.119. The number of carbonyl (C=O) groups is 1. The molecule has 9 heteroatoms. The summed E-state index contributed by atoms with van der Waals surface area (Å²) in [5, 5.41) is 3.23. The van der Waals surface area contributed by atoms with Crippen molar-refractivity contribution in [1.82, 2.24) is 5.32 Å². The predicted octanol–water partition coefficient (Wildman–Crippen LogP) is 3.08. The normalized spacial score (nSPS) is 11.1. The molecule has 0 atom stereocenters. The summed E-state index contributed by atoms with van der Waals surface area (Å²) >= 11 is 11.9. The van der Waals surface area contributed by atoms with Crippen LogP contribution in [0.5, 0.6) is 5.75 Å². The third-order valence-electron chi connectivity index (χ3n) is 3.49. The largest absolute Gasteiger partial charge is 0.496 e. The maximum absolute atomic E-state index is 12.3. The quantitative estimate of drug-likeness (QED) is 0.752. The Morgan fingerprint density at radius 2 is 1.77 bits per heavy atom. The van der Waals surface area contributed by atoms with Crippen LogP contribution in [0.25, 0.3) is 0 Å². The lowest BCUT2D eigenvalue weighted by atomic mass is 10.2. The molecule has 2 aromatic carbocycles. The molecule has 0 saturated heterocycles. The van der Waals surface area contributed by atoms with Gasteiger partial charge in [0.15, 0.2) is 0 Å². The van der Waals surface area contributed by atoms with Gasteiger partial charge < -0.3 is 10.1 Å². The molecule has 6 nitrogen and oxygen atoms in total. The first-order valence-corrected chi connectivity index (χ1v) is 10.1. The van der Waals surface area contributed by atoms with Crippen LogP contribution < -0.4 is 14.4 Å². The number of methoxy groups -OCH3 is 1. The fraction of sp³-hybridized carbons (Fsp3) is 0.235. The van der Waals surface area contributed by atoms with E-state index in [4.69, 9.17) is 27.9 Å². The number of ether oxygens (including phenoxy) is 1. The van der Waals surface area contributed by atoms with Gasteiger partial charge in [0, 0.05) is 22.2 Å². The van der Waals surface area contributed by atoms with E-state index in [0.717, 1.165) is 16.1 Å². The Morgan fingerprint density at radius 1 is 1.15 bits per heavy atom. The number of anilines is 1. The van der Waals surface area contributed by atoms with Crippen LogP contribution in [0.15, 0.2) is 42.5 Å². The number of hydrogen-bond donors (Lipinski definition) is 1. The van der Waals surface area contributed by atoms with Gasteiger partial charge in [-0.1, -0.05) is 41.4 Å². The lowest BCUT2D eigenvalue weighted by Gasteiger charge is -2.22. The van der Waals surface area contributed by atoms with Crippen molar-refractivity contribution in [3.63, 3.8) is 0 Å². The van der Waals surface area contributed by atoms with Gasteiger partial charge in [0.25, 0.3) is 0 Å². The summed E-state index contributed by atoms with van der Waals surface area (Å²) in [5.74, 6) is 0.159. The van der Waals surface area contributed by atoms with Crippen molar-refractivity contribution in [3.8, 4) is 5.75 Å². The van der Waals surface area contributed by atoms with Gasteiger partial charge in [-0.2, -0.15) is 0 Å². The highest BCUT2D eigenvalue weighted by Gasteiger charge is 2.21. The Kier molecular flexibility index (Phi) is 6.75. The third-order valence-corrected chi connectivity index (χ3v) is 5.07. The maximum Gasteiger partial charge on any atom is 0.241 e. The van der Waals surface area contributed by atoms with E-state index < -0.39 is 22.5 Å². The number of rotatable bonds is 7. The fourth-order valence-electron chi connectivity index (χ4n) is 2.31. The van der Waals surface area contributed by atoms with Gasteiger partial charge in [-0.25, -0.2) is 8.42 Å². The Labute approximate surface area is 162 Å². The zero-order valence-corrected chi connectivity index (χ0v) is 16.5. The van der Waals surface area contributed by atoms with Crippen LogP contribution >= 0.6 is 23.2 Å². The van der Waals surface area contributed by atoms with Crippen LogP contribution in [0.4, 0.5) is 5.69 Å². The molecule has 0 spiro atoms. The van der Waals surface area contributed by atoms with Crippen molar-refractivity contribution < 1.29 is 17.9 Å². The average molecular weight is 417 g/mol. The van der Waals surface area contributed by atoms with Crippen LogP contribution in [0.1, 0.15) is 5.56 Å². The second-order valence-corrected chi connectivity index (χ2v) is 8.27. The predicted molar refractivity (Wildman–Crippen MR) is 103 cm³/mol. The van der Waals surface area contributed by atoms with Crippen molar-refractivity contribution in [2.75, 3.05) is 24.2 Å². The van der Waals surface area contributed by atoms with E-state index in [1.165, 1.54) is 25.3 Å². The molecule has 0 saturated carbocycles. The standard InChI is InChI=1S/C17H18Cl2N2O4S/c1-25-16-6-4-3-5-12(16)10-20-17(22)11-21(26(2,23)24)15-8-13(18)7-14(19)9-15/h3-9H,10-11H2,1-2H3,(H,20,22). The van der Waals surface area contributed by atoms with Crippen molar-refractivity contribution in [2.45, 2.75) is 6.54 Å². The van der Waals surface area contributed by atoms with Crippen molar-refractivity contribution in [3.05, 3.63) is 58.1 Å². The molecule has 0 aromatic heterocycles. The minimum Gasteiger partial charge on any atom is -0.496 e. The van der Waals surface area contributed by atoms with Gasteiger partial charge >= 0.3 is 0 Å². The maximum atomic E-state index is 12.3. The number of nitrogens with zero attached hydrogens (tertiary/aromatic N) is 1. The molecule has 1 N–H and O–H groups in total. The molecule has 0 aliphatic rings. The SMILES string of the molecule is COc1ccccc1CNC(=O)CN(c1cc(Cl)cc(Cl)c1)S(C)(=O)=O. The molecule has 2 rings (SSSR count). The highest BCUT2D eigenvalue weighted by Crippen LogP contribution is 2.27. The average Bonchev–Trinajstić information content (AvgIpc) is 2.56. The minimum atomic E-state index is -3.71. The number of para-hydroxylation sites is 1. The highest BCUT2D eigenvalue weighted by molar-refractivity contribution is 7.92. The molecule has 2 aromatic rings. The Hall–Kier alpha value is -1.96. The second kappa shape index (κ2) is 8.62. The summed E-state index contributed by atoms with van der Waals surface area (Å²) in [6.45, 7) is -0.193. The number of carbonyl (C=O) groups excluding carboxylic acids is 1. The topological polar surface area (TPSA) is 75.7 Å². The monoisotopic (exact) mass is 416 g/mol. The van der Waals surface area contributed by atoms with E-state index in [9.17, 15) is 13.2 Å². The van der Waals surface area contributed by atoms with Gasteiger partial charge in [0.05, 0.1) is 19.1 Å². The molecule has 0 aliphatic carbocycles. The van der Waals surface area contributed by atoms with Crippen LogP contribution in [0, 0.1) is 0 Å². The zero-order valence-electron chi connectivity index (χ0n) is 14.2. The molecular formula is C17H18Cl2N2O4S. The first-order valence-electron chi connectivity index (χ1n) is 7.53. The fourth-order valence-corrected chi connectivity index (χ4v) is 3.67. The molecule has 26 heavy (non-hydrogen) atoms. The zero-order chi connectivity index (χ0) is 19.3. The minimum absolute atomic E-state index is 0.205. The van der Waals surface area contributed by atoms with E-state index in [2.05, 4.69) is 5.32 Å². The first kappa shape index (κ1) is 20.4. The van der Waals surface area contributed by atoms with E-state index in [0.29, 0.717) is 5.75 Å². The Morgan fingerprint density at radius 3 is 2.35 bits per heavy atom. The van der Waals surface area contributed by atoms with E-state index in [1.807, 2.05) is 18.2 Å². The van der Waals surface area contributed by atoms with Crippen molar-refractivity contribution >= 4 is 44.8 Å². The molecular weight excluding hydrogens is 399 g/mol. The molecule has 140 valence electrons. The Balaban J connectivity index is 2.15. The number of amides is 1. The number of sulfonamides is 1. The van der Waals surface area contributed by atoms with Gasteiger partial charge in [0.2, 0.25) is 15.9 Å². The van der Waals surface area contributed by atoms with Crippen molar-refractivity contribution in [2.24, 2.45) is 0 Å². The van der Waals surface area contributed by atoms with Crippen LogP contribution in [-0.4, -0.2) is 34.2 Å². The van der Waals surface area contributed by atoms with Gasteiger partial charge in [-0.15, -0.1) is 0 Å². The summed E-state index contributed by atoms with van der Waals surface area (Å²) in [7, 11) is -2.18. The third kappa shape index (κ3) is 5.52. The Bertz CT molecular complexity index is 883. The highest BCUT2D eigenvalue weighted by atomic mass is 35.5. The summed E-state index contributed by atoms with van der Waals surface area (Å²) in [6.07, 6.45) is 1.01. The summed E-state index contributed by atoms with van der Waals surface area (Å²) in [6, 6.07) is 11.6. The smallest absolute Gasteiger partial charge is 0.241 e. The summed E-state index contributed by atoms with van der Waals surface area (Å²) in [4.78, 5) is 12.3. The van der Waals surface area contributed by atoms with Crippen LogP contribution in [0.3, 0.4) is 0 Å². The van der Waals surface area contributed by atoms with Crippen LogP contribution in [-0.2, 0) is 21.4 Å². The van der Waals surface area contributed by atoms with Gasteiger partial charge in [-0.3, -0.25) is 9.10 Å². The molecule has 0 heterocycles. The molecule has 0 fully saturated rings. The van der Waals surface area contributed by atoms with E-state index in [-0.39, 0.29) is 22.3 Å². The molecule has 0 bridgehead atoms. The number of hydrogen-bond acceptors (Lipinski definition) is 4.